The van der Waals surface area contributed by atoms with Gasteiger partial charge in [0.1, 0.15) is 0 Å². The van der Waals surface area contributed by atoms with Gasteiger partial charge < -0.3 is 9.13 Å². The third-order valence-electron chi connectivity index (χ3n) is 11.2. The SMILES string of the molecule is c1ccc(-c2nc(-c3ccccc3)nc(-n3c4ccccc4c4c3ccc3c5ccccc5n(-c5ccc6c(c5)c5cnccc5n6-c5ccccc5)c34)n2)cc1. The molecule has 5 heterocycles. The molecule has 12 rings (SSSR count). The van der Waals surface area contributed by atoms with Crippen LogP contribution in [0.15, 0.2) is 188 Å². The molecular weight excluding hydrogens is 699 g/mol. The molecule has 7 aromatic carbocycles. The van der Waals surface area contributed by atoms with Gasteiger partial charge in [-0.1, -0.05) is 121 Å². The summed E-state index contributed by atoms with van der Waals surface area (Å²) in [5.41, 5.74) is 10.6. The van der Waals surface area contributed by atoms with Crippen LogP contribution in [0.4, 0.5) is 0 Å². The van der Waals surface area contributed by atoms with E-state index in [1.54, 1.807) is 0 Å². The van der Waals surface area contributed by atoms with E-state index >= 15 is 0 Å². The Morgan fingerprint density at radius 2 is 0.930 bits per heavy atom. The van der Waals surface area contributed by atoms with Gasteiger partial charge in [-0.2, -0.15) is 9.97 Å². The van der Waals surface area contributed by atoms with Gasteiger partial charge in [0.25, 0.3) is 0 Å². The zero-order chi connectivity index (χ0) is 37.5. The van der Waals surface area contributed by atoms with Gasteiger partial charge in [-0.15, -0.1) is 0 Å². The van der Waals surface area contributed by atoms with Gasteiger partial charge in [-0.25, -0.2) is 4.98 Å². The molecule has 7 nitrogen and oxygen atoms in total. The van der Waals surface area contributed by atoms with Crippen LogP contribution in [0, 0.1) is 0 Å². The van der Waals surface area contributed by atoms with Crippen LogP contribution in [0.5, 0.6) is 0 Å². The highest BCUT2D eigenvalue weighted by molar-refractivity contribution is 6.26. The van der Waals surface area contributed by atoms with Gasteiger partial charge >= 0.3 is 0 Å². The molecule has 0 saturated carbocycles. The molecule has 266 valence electrons. The van der Waals surface area contributed by atoms with Crippen LogP contribution < -0.4 is 0 Å². The Morgan fingerprint density at radius 1 is 0.351 bits per heavy atom. The van der Waals surface area contributed by atoms with E-state index in [4.69, 9.17) is 15.0 Å². The maximum Gasteiger partial charge on any atom is 0.238 e. The first-order valence-corrected chi connectivity index (χ1v) is 19.1. The minimum absolute atomic E-state index is 0.568. The van der Waals surface area contributed by atoms with Crippen LogP contribution >= 0.6 is 0 Å². The van der Waals surface area contributed by atoms with Gasteiger partial charge in [-0.05, 0) is 54.6 Å². The normalized spacial score (nSPS) is 11.9. The largest absolute Gasteiger partial charge is 0.309 e. The van der Waals surface area contributed by atoms with Crippen LogP contribution in [-0.2, 0) is 0 Å². The van der Waals surface area contributed by atoms with Crippen molar-refractivity contribution in [1.29, 1.82) is 0 Å². The topological polar surface area (TPSA) is 66.3 Å². The highest BCUT2D eigenvalue weighted by atomic mass is 15.2. The van der Waals surface area contributed by atoms with Crippen molar-refractivity contribution in [2.45, 2.75) is 0 Å². The van der Waals surface area contributed by atoms with E-state index in [9.17, 15) is 0 Å². The molecule has 0 bridgehead atoms. The fraction of sp³-hybridized carbons (Fsp3) is 0. The molecule has 0 N–H and O–H groups in total. The van der Waals surface area contributed by atoms with Crippen molar-refractivity contribution >= 4 is 65.4 Å². The smallest absolute Gasteiger partial charge is 0.238 e. The molecule has 12 aromatic rings. The Hall–Kier alpha value is -7.90. The summed E-state index contributed by atoms with van der Waals surface area (Å²) < 4.78 is 6.97. The standard InChI is InChI=1S/C50H31N7/c1-4-14-32(15-5-1)48-52-49(33-16-6-2-7-17-33)54-50(53-48)57-42-23-13-11-21-38(42)46-45(57)27-25-37-36-20-10-12-22-41(36)56(47(37)46)35-24-26-43-39(30-35)40-31-51-29-28-44(40)55(43)34-18-8-3-9-19-34/h1-31H. The lowest BCUT2D eigenvalue weighted by atomic mass is 10.1. The summed E-state index contributed by atoms with van der Waals surface area (Å²) in [4.78, 5) is 20.0. The number of hydrogen-bond acceptors (Lipinski definition) is 4. The van der Waals surface area contributed by atoms with Gasteiger partial charge in [0.15, 0.2) is 11.6 Å². The van der Waals surface area contributed by atoms with Crippen LogP contribution in [-0.4, -0.2) is 33.6 Å². The van der Waals surface area contributed by atoms with Crippen molar-refractivity contribution in [1.82, 2.24) is 33.6 Å². The first kappa shape index (κ1) is 31.5. The molecule has 0 radical (unpaired) electrons. The summed E-state index contributed by atoms with van der Waals surface area (Å²) in [6, 6.07) is 61.6. The van der Waals surface area contributed by atoms with Crippen LogP contribution in [0.2, 0.25) is 0 Å². The number of fused-ring (bicyclic) bond motifs is 10. The summed E-state index contributed by atoms with van der Waals surface area (Å²) in [5.74, 6) is 1.81. The van der Waals surface area contributed by atoms with E-state index < -0.39 is 0 Å². The summed E-state index contributed by atoms with van der Waals surface area (Å²) in [7, 11) is 0. The molecule has 0 aliphatic carbocycles. The van der Waals surface area contributed by atoms with Crippen LogP contribution in [0.3, 0.4) is 0 Å². The van der Waals surface area contributed by atoms with E-state index in [1.807, 2.05) is 73.1 Å². The monoisotopic (exact) mass is 729 g/mol. The molecular formula is C50H31N7. The predicted octanol–water partition coefficient (Wildman–Crippen LogP) is 11.9. The van der Waals surface area contributed by atoms with E-state index in [1.165, 1.54) is 10.8 Å². The number of nitrogens with zero attached hydrogens (tertiary/aromatic N) is 7. The zero-order valence-electron chi connectivity index (χ0n) is 30.5. The molecule has 0 unspecified atom stereocenters. The number of hydrogen-bond donors (Lipinski definition) is 0. The second kappa shape index (κ2) is 12.3. The highest BCUT2D eigenvalue weighted by Crippen LogP contribution is 2.43. The Morgan fingerprint density at radius 3 is 1.65 bits per heavy atom. The zero-order valence-corrected chi connectivity index (χ0v) is 30.5. The van der Waals surface area contributed by atoms with Crippen molar-refractivity contribution in [3.63, 3.8) is 0 Å². The second-order valence-corrected chi connectivity index (χ2v) is 14.3. The second-order valence-electron chi connectivity index (χ2n) is 14.3. The number of benzene rings is 7. The Balaban J connectivity index is 1.18. The molecule has 0 atom stereocenters. The van der Waals surface area contributed by atoms with Crippen LogP contribution in [0.25, 0.3) is 106 Å². The highest BCUT2D eigenvalue weighted by Gasteiger charge is 2.23. The lowest BCUT2D eigenvalue weighted by Crippen LogP contribution is -2.06. The molecule has 0 aliphatic heterocycles. The van der Waals surface area contributed by atoms with Crippen LogP contribution in [0.1, 0.15) is 0 Å². The lowest BCUT2D eigenvalue weighted by molar-refractivity contribution is 0.953. The number of rotatable bonds is 5. The summed E-state index contributed by atoms with van der Waals surface area (Å²) in [5, 5.41) is 6.88. The molecule has 0 saturated heterocycles. The fourth-order valence-corrected chi connectivity index (χ4v) is 8.74. The van der Waals surface area contributed by atoms with Gasteiger partial charge in [-0.3, -0.25) is 9.55 Å². The van der Waals surface area contributed by atoms with E-state index in [-0.39, 0.29) is 0 Å². The molecule has 0 spiro atoms. The van der Waals surface area contributed by atoms with Gasteiger partial charge in [0.2, 0.25) is 5.95 Å². The molecule has 57 heavy (non-hydrogen) atoms. The summed E-state index contributed by atoms with van der Waals surface area (Å²) in [6.45, 7) is 0. The predicted molar refractivity (Wildman–Crippen MR) is 232 cm³/mol. The molecule has 0 aliphatic rings. The van der Waals surface area contributed by atoms with Crippen molar-refractivity contribution in [2.24, 2.45) is 0 Å². The Kier molecular flexibility index (Phi) is 6.79. The first-order chi connectivity index (χ1) is 28.3. The molecule has 0 amide bonds. The maximum absolute atomic E-state index is 5.19. The Bertz CT molecular complexity index is 3450. The quantitative estimate of drug-likeness (QED) is 0.177. The van der Waals surface area contributed by atoms with Crippen molar-refractivity contribution in [3.8, 4) is 40.1 Å². The van der Waals surface area contributed by atoms with Crippen molar-refractivity contribution in [2.75, 3.05) is 0 Å². The summed E-state index contributed by atoms with van der Waals surface area (Å²) in [6.07, 6.45) is 3.86. The Labute approximate surface area is 326 Å². The average molecular weight is 730 g/mol. The molecule has 0 fully saturated rings. The number of pyridine rings is 1. The average Bonchev–Trinajstić information content (AvgIpc) is 3.92. The van der Waals surface area contributed by atoms with Crippen molar-refractivity contribution in [3.05, 3.63) is 188 Å². The maximum atomic E-state index is 5.19. The fourth-order valence-electron chi connectivity index (χ4n) is 8.74. The van der Waals surface area contributed by atoms with E-state index in [2.05, 4.69) is 134 Å². The van der Waals surface area contributed by atoms with Gasteiger partial charge in [0, 0.05) is 67.2 Å². The number of para-hydroxylation sites is 3. The first-order valence-electron chi connectivity index (χ1n) is 19.1. The van der Waals surface area contributed by atoms with Crippen molar-refractivity contribution < 1.29 is 0 Å². The molecule has 5 aromatic heterocycles. The minimum atomic E-state index is 0.568. The number of aromatic nitrogens is 7. The van der Waals surface area contributed by atoms with E-state index in [0.717, 1.165) is 77.1 Å². The third-order valence-corrected chi connectivity index (χ3v) is 11.2. The lowest BCUT2D eigenvalue weighted by Gasteiger charge is -2.12. The van der Waals surface area contributed by atoms with Gasteiger partial charge in [0.05, 0.1) is 33.1 Å². The third kappa shape index (κ3) is 4.72. The van der Waals surface area contributed by atoms with E-state index in [0.29, 0.717) is 17.6 Å². The summed E-state index contributed by atoms with van der Waals surface area (Å²) >= 11 is 0. The minimum Gasteiger partial charge on any atom is -0.309 e. The molecule has 7 heteroatoms.